The molecule has 0 saturated carbocycles. The fourth-order valence-electron chi connectivity index (χ4n) is 3.01. The molecule has 2 rings (SSSR count). The van der Waals surface area contributed by atoms with E-state index >= 15 is 0 Å². The summed E-state index contributed by atoms with van der Waals surface area (Å²) < 4.78 is 50.9. The van der Waals surface area contributed by atoms with Crippen LogP contribution >= 0.6 is 0 Å². The van der Waals surface area contributed by atoms with Crippen molar-refractivity contribution < 1.29 is 26.7 Å². The first-order valence-electron chi connectivity index (χ1n) is 7.52. The van der Waals surface area contributed by atoms with Crippen LogP contribution in [0.15, 0.2) is 21.9 Å². The van der Waals surface area contributed by atoms with Crippen LogP contribution in [0.4, 0.5) is 0 Å². The van der Waals surface area contributed by atoms with E-state index in [0.29, 0.717) is 18.4 Å². The molecular weight excluding hydrogens is 354 g/mol. The molecule has 0 aliphatic carbocycles. The van der Waals surface area contributed by atoms with Crippen LogP contribution < -0.4 is 0 Å². The van der Waals surface area contributed by atoms with Crippen LogP contribution in [0.25, 0.3) is 0 Å². The Hall–Kier alpha value is -1.45. The molecule has 1 unspecified atom stereocenters. The summed E-state index contributed by atoms with van der Waals surface area (Å²) >= 11 is 0. The molecule has 0 spiro atoms. The van der Waals surface area contributed by atoms with Crippen molar-refractivity contribution in [2.24, 2.45) is 0 Å². The Labute approximate surface area is 142 Å². The number of carboxylic acids is 1. The lowest BCUT2D eigenvalue weighted by molar-refractivity contribution is -0.142. The quantitative estimate of drug-likeness (QED) is 0.850. The molecule has 1 aliphatic rings. The van der Waals surface area contributed by atoms with Crippen molar-refractivity contribution in [1.29, 1.82) is 0 Å². The maximum absolute atomic E-state index is 13.0. The Morgan fingerprint density at radius 1 is 1.12 bits per heavy atom. The normalized spacial score (nSPS) is 20.0. The number of carboxylic acid groups (broad SMARTS) is 1. The highest BCUT2D eigenvalue weighted by Crippen LogP contribution is 2.31. The number of rotatable bonds is 4. The van der Waals surface area contributed by atoms with Gasteiger partial charge in [0.2, 0.25) is 10.0 Å². The zero-order chi connectivity index (χ0) is 18.3. The third-order valence-electron chi connectivity index (χ3n) is 4.18. The van der Waals surface area contributed by atoms with Crippen molar-refractivity contribution in [1.82, 2.24) is 4.31 Å². The second-order valence-corrected chi connectivity index (χ2v) is 9.97. The third-order valence-corrected chi connectivity index (χ3v) is 7.44. The second-order valence-electron chi connectivity index (χ2n) is 6.12. The monoisotopic (exact) mass is 375 g/mol. The number of benzene rings is 1. The van der Waals surface area contributed by atoms with Gasteiger partial charge in [-0.05, 0) is 56.4 Å². The van der Waals surface area contributed by atoms with Gasteiger partial charge < -0.3 is 5.11 Å². The standard InChI is InChI=1S/C15H21NO6S2/c1-10-8-13(23(3,19)20)11(2)14(9-10)24(21,22)16-7-5-4-6-12(16)15(17)18/h8-9,12H,4-7H2,1-3H3,(H,17,18). The Kier molecular flexibility index (Phi) is 5.08. The van der Waals surface area contributed by atoms with E-state index < -0.39 is 31.9 Å². The van der Waals surface area contributed by atoms with Gasteiger partial charge in [0, 0.05) is 12.8 Å². The molecule has 1 aromatic rings. The van der Waals surface area contributed by atoms with Gasteiger partial charge in [-0.15, -0.1) is 0 Å². The largest absolute Gasteiger partial charge is 0.480 e. The van der Waals surface area contributed by atoms with Gasteiger partial charge in [0.05, 0.1) is 9.79 Å². The molecule has 134 valence electrons. The molecule has 1 saturated heterocycles. The van der Waals surface area contributed by atoms with E-state index in [1.54, 1.807) is 6.92 Å². The first-order chi connectivity index (χ1) is 11.0. The maximum Gasteiger partial charge on any atom is 0.322 e. The van der Waals surface area contributed by atoms with Crippen molar-refractivity contribution in [3.05, 3.63) is 23.3 Å². The fourth-order valence-corrected chi connectivity index (χ4v) is 6.13. The van der Waals surface area contributed by atoms with Crippen molar-refractivity contribution in [2.45, 2.75) is 48.9 Å². The van der Waals surface area contributed by atoms with Gasteiger partial charge in [-0.2, -0.15) is 4.31 Å². The molecule has 1 fully saturated rings. The van der Waals surface area contributed by atoms with Crippen LogP contribution in [0.5, 0.6) is 0 Å². The highest BCUT2D eigenvalue weighted by Gasteiger charge is 2.39. The maximum atomic E-state index is 13.0. The third kappa shape index (κ3) is 3.47. The molecule has 7 nitrogen and oxygen atoms in total. The molecule has 1 aromatic carbocycles. The Morgan fingerprint density at radius 3 is 2.25 bits per heavy atom. The average molecular weight is 375 g/mol. The van der Waals surface area contributed by atoms with Crippen LogP contribution in [0.1, 0.15) is 30.4 Å². The van der Waals surface area contributed by atoms with E-state index in [4.69, 9.17) is 0 Å². The molecule has 0 amide bonds. The summed E-state index contributed by atoms with van der Waals surface area (Å²) in [6.45, 7) is 3.15. The van der Waals surface area contributed by atoms with E-state index in [-0.39, 0.29) is 28.3 Å². The molecule has 0 aromatic heterocycles. The lowest BCUT2D eigenvalue weighted by Gasteiger charge is -2.32. The van der Waals surface area contributed by atoms with Crippen molar-refractivity contribution in [3.63, 3.8) is 0 Å². The Balaban J connectivity index is 2.65. The number of aliphatic carboxylic acids is 1. The number of sulfonamides is 1. The molecule has 24 heavy (non-hydrogen) atoms. The van der Waals surface area contributed by atoms with Crippen LogP contribution in [0, 0.1) is 13.8 Å². The summed E-state index contributed by atoms with van der Waals surface area (Å²) in [5, 5.41) is 9.32. The van der Waals surface area contributed by atoms with Gasteiger partial charge in [-0.1, -0.05) is 0 Å². The number of hydrogen-bond acceptors (Lipinski definition) is 5. The van der Waals surface area contributed by atoms with Gasteiger partial charge in [0.15, 0.2) is 9.84 Å². The van der Waals surface area contributed by atoms with Crippen LogP contribution in [-0.4, -0.2) is 51.1 Å². The molecule has 0 bridgehead atoms. The summed E-state index contributed by atoms with van der Waals surface area (Å²) in [6, 6.07) is 1.70. The van der Waals surface area contributed by atoms with Gasteiger partial charge in [0.1, 0.15) is 6.04 Å². The van der Waals surface area contributed by atoms with E-state index in [1.807, 2.05) is 0 Å². The smallest absolute Gasteiger partial charge is 0.322 e. The zero-order valence-corrected chi connectivity index (χ0v) is 15.4. The Bertz CT molecular complexity index is 873. The van der Waals surface area contributed by atoms with E-state index in [1.165, 1.54) is 19.1 Å². The van der Waals surface area contributed by atoms with Crippen molar-refractivity contribution in [3.8, 4) is 0 Å². The molecule has 9 heteroatoms. The van der Waals surface area contributed by atoms with Crippen LogP contribution in [-0.2, 0) is 24.7 Å². The number of carbonyl (C=O) groups is 1. The van der Waals surface area contributed by atoms with E-state index in [2.05, 4.69) is 0 Å². The number of piperidine rings is 1. The number of sulfone groups is 1. The summed E-state index contributed by atoms with van der Waals surface area (Å²) in [5.74, 6) is -1.19. The lowest BCUT2D eigenvalue weighted by atomic mass is 10.1. The van der Waals surface area contributed by atoms with Crippen molar-refractivity contribution in [2.75, 3.05) is 12.8 Å². The first-order valence-corrected chi connectivity index (χ1v) is 10.9. The summed E-state index contributed by atoms with van der Waals surface area (Å²) in [4.78, 5) is 11.2. The highest BCUT2D eigenvalue weighted by atomic mass is 32.2. The van der Waals surface area contributed by atoms with Crippen molar-refractivity contribution >= 4 is 25.8 Å². The molecule has 1 heterocycles. The van der Waals surface area contributed by atoms with Gasteiger partial charge >= 0.3 is 5.97 Å². The summed E-state index contributed by atoms with van der Waals surface area (Å²) in [7, 11) is -7.70. The van der Waals surface area contributed by atoms with Crippen LogP contribution in [0.3, 0.4) is 0 Å². The van der Waals surface area contributed by atoms with Gasteiger partial charge in [0.25, 0.3) is 0 Å². The predicted molar refractivity (Wildman–Crippen MR) is 88.2 cm³/mol. The second kappa shape index (κ2) is 6.45. The minimum atomic E-state index is -4.10. The SMILES string of the molecule is Cc1cc(S(C)(=O)=O)c(C)c(S(=O)(=O)N2CCCCC2C(=O)O)c1. The number of aryl methyl sites for hydroxylation is 1. The van der Waals surface area contributed by atoms with E-state index in [9.17, 15) is 26.7 Å². The summed E-state index contributed by atoms with van der Waals surface area (Å²) in [6.07, 6.45) is 2.49. The molecular formula is C15H21NO6S2. The lowest BCUT2D eigenvalue weighted by Crippen LogP contribution is -2.48. The minimum absolute atomic E-state index is 0.0510. The average Bonchev–Trinajstić information content (AvgIpc) is 2.48. The van der Waals surface area contributed by atoms with E-state index in [0.717, 1.165) is 10.6 Å². The van der Waals surface area contributed by atoms with Gasteiger partial charge in [-0.3, -0.25) is 4.79 Å². The van der Waals surface area contributed by atoms with Crippen LogP contribution in [0.2, 0.25) is 0 Å². The fraction of sp³-hybridized carbons (Fsp3) is 0.533. The molecule has 1 aliphatic heterocycles. The Morgan fingerprint density at radius 2 is 1.71 bits per heavy atom. The number of nitrogens with zero attached hydrogens (tertiary/aromatic N) is 1. The number of hydrogen-bond donors (Lipinski definition) is 1. The first kappa shape index (κ1) is 18.9. The highest BCUT2D eigenvalue weighted by molar-refractivity contribution is 7.91. The van der Waals surface area contributed by atoms with Gasteiger partial charge in [-0.25, -0.2) is 16.8 Å². The molecule has 1 atom stereocenters. The summed E-state index contributed by atoms with van der Waals surface area (Å²) in [5.41, 5.74) is 0.612. The topological polar surface area (TPSA) is 109 Å². The minimum Gasteiger partial charge on any atom is -0.480 e. The predicted octanol–water partition coefficient (Wildman–Crippen LogP) is 1.33. The molecule has 0 radical (unpaired) electrons. The molecule has 1 N–H and O–H groups in total. The zero-order valence-electron chi connectivity index (χ0n) is 13.8.